The van der Waals surface area contributed by atoms with Crippen molar-refractivity contribution in [3.63, 3.8) is 0 Å². The first-order valence-corrected chi connectivity index (χ1v) is 8.98. The van der Waals surface area contributed by atoms with Gasteiger partial charge in [0.25, 0.3) is 0 Å². The Kier molecular flexibility index (Phi) is 5.43. The largest absolute Gasteiger partial charge is 0.349 e. The molecule has 0 saturated carbocycles. The molecule has 2 aromatic rings. The van der Waals surface area contributed by atoms with E-state index in [9.17, 15) is 4.79 Å². The Morgan fingerprint density at radius 3 is 2.68 bits per heavy atom. The number of hydrogen-bond donors (Lipinski definition) is 1. The van der Waals surface area contributed by atoms with Crippen molar-refractivity contribution in [3.05, 3.63) is 53.2 Å². The Balaban J connectivity index is 1.62. The lowest BCUT2D eigenvalue weighted by Gasteiger charge is -2.40. The first kappa shape index (κ1) is 17.5. The van der Waals surface area contributed by atoms with E-state index in [1.807, 2.05) is 41.3 Å². The van der Waals surface area contributed by atoms with Gasteiger partial charge < -0.3 is 15.1 Å². The molecular weight excluding hydrogens is 336 g/mol. The van der Waals surface area contributed by atoms with Crippen LogP contribution in [0.25, 0.3) is 0 Å². The quantitative estimate of drug-likeness (QED) is 0.900. The second-order valence-corrected chi connectivity index (χ2v) is 6.69. The van der Waals surface area contributed by atoms with Crippen LogP contribution < -0.4 is 10.2 Å². The molecule has 25 heavy (non-hydrogen) atoms. The third-order valence-electron chi connectivity index (χ3n) is 4.54. The van der Waals surface area contributed by atoms with Gasteiger partial charge in [-0.05, 0) is 43.2 Å². The van der Waals surface area contributed by atoms with Crippen LogP contribution in [0.4, 0.5) is 16.3 Å². The highest BCUT2D eigenvalue weighted by Gasteiger charge is 2.28. The number of halogens is 1. The zero-order valence-corrected chi connectivity index (χ0v) is 15.3. The topological polar surface area (TPSA) is 48.5 Å². The highest BCUT2D eigenvalue weighted by Crippen LogP contribution is 2.26. The number of aryl methyl sites for hydroxylation is 1. The number of anilines is 2. The Hall–Kier alpha value is -2.27. The Morgan fingerprint density at radius 2 is 2.04 bits per heavy atom. The van der Waals surface area contributed by atoms with E-state index in [0.29, 0.717) is 24.7 Å². The second-order valence-electron chi connectivity index (χ2n) is 6.28. The number of piperazine rings is 1. The fraction of sp³-hybridized carbons (Fsp3) is 0.368. The normalized spacial score (nSPS) is 17.5. The van der Waals surface area contributed by atoms with Gasteiger partial charge in [0, 0.05) is 37.6 Å². The van der Waals surface area contributed by atoms with Crippen LogP contribution in [0.3, 0.4) is 0 Å². The van der Waals surface area contributed by atoms with Crippen LogP contribution in [0, 0.1) is 0 Å². The van der Waals surface area contributed by atoms with E-state index in [2.05, 4.69) is 29.0 Å². The summed E-state index contributed by atoms with van der Waals surface area (Å²) >= 11 is 6.26. The number of amides is 2. The molecule has 0 radical (unpaired) electrons. The first-order chi connectivity index (χ1) is 12.1. The predicted octanol–water partition coefficient (Wildman–Crippen LogP) is 4.04. The van der Waals surface area contributed by atoms with Crippen LogP contribution in [0.15, 0.2) is 42.6 Å². The summed E-state index contributed by atoms with van der Waals surface area (Å²) in [4.78, 5) is 20.9. The van der Waals surface area contributed by atoms with Gasteiger partial charge in [-0.1, -0.05) is 30.7 Å². The smallest absolute Gasteiger partial charge is 0.321 e. The number of nitrogens with zero attached hydrogens (tertiary/aromatic N) is 3. The molecule has 2 amide bonds. The lowest BCUT2D eigenvalue weighted by Crippen LogP contribution is -2.55. The standard InChI is InChI=1S/C19H23ClN4O/c1-3-15-6-8-16(9-7-15)22-19(25)23-11-12-24(14(2)13-23)18-17(20)5-4-10-21-18/h4-10,14H,3,11-13H2,1-2H3,(H,22,25). The number of urea groups is 1. The number of hydrogen-bond acceptors (Lipinski definition) is 3. The molecule has 1 aromatic carbocycles. The molecule has 1 N–H and O–H groups in total. The first-order valence-electron chi connectivity index (χ1n) is 8.60. The van der Waals surface area contributed by atoms with Gasteiger partial charge in [-0.15, -0.1) is 0 Å². The summed E-state index contributed by atoms with van der Waals surface area (Å²) in [5.74, 6) is 0.784. The minimum Gasteiger partial charge on any atom is -0.349 e. The molecule has 1 fully saturated rings. The van der Waals surface area contributed by atoms with Gasteiger partial charge in [-0.2, -0.15) is 0 Å². The van der Waals surface area contributed by atoms with Crippen molar-refractivity contribution >= 4 is 29.1 Å². The molecule has 1 atom stereocenters. The van der Waals surface area contributed by atoms with Crippen LogP contribution >= 0.6 is 11.6 Å². The second kappa shape index (κ2) is 7.74. The van der Waals surface area contributed by atoms with Crippen molar-refractivity contribution in [2.24, 2.45) is 0 Å². The van der Waals surface area contributed by atoms with Crippen molar-refractivity contribution in [2.75, 3.05) is 29.9 Å². The fourth-order valence-corrected chi connectivity index (χ4v) is 3.30. The summed E-state index contributed by atoms with van der Waals surface area (Å²) in [5, 5.41) is 3.62. The number of benzene rings is 1. The average Bonchev–Trinajstić information content (AvgIpc) is 2.63. The molecule has 1 aromatic heterocycles. The Labute approximate surface area is 153 Å². The van der Waals surface area contributed by atoms with Crippen molar-refractivity contribution < 1.29 is 4.79 Å². The monoisotopic (exact) mass is 358 g/mol. The maximum Gasteiger partial charge on any atom is 0.321 e. The highest BCUT2D eigenvalue weighted by atomic mass is 35.5. The van der Waals surface area contributed by atoms with Gasteiger partial charge in [0.05, 0.1) is 5.02 Å². The van der Waals surface area contributed by atoms with E-state index < -0.39 is 0 Å². The molecule has 1 unspecified atom stereocenters. The molecule has 1 aliphatic rings. The molecule has 1 aliphatic heterocycles. The zero-order chi connectivity index (χ0) is 17.8. The SMILES string of the molecule is CCc1ccc(NC(=O)N2CCN(c3ncccc3Cl)C(C)C2)cc1. The minimum atomic E-state index is -0.0668. The molecule has 0 bridgehead atoms. The van der Waals surface area contributed by atoms with E-state index >= 15 is 0 Å². The molecule has 2 heterocycles. The number of pyridine rings is 1. The number of carbonyl (C=O) groups excluding carboxylic acids is 1. The zero-order valence-electron chi connectivity index (χ0n) is 14.6. The van der Waals surface area contributed by atoms with Gasteiger partial charge in [-0.25, -0.2) is 9.78 Å². The van der Waals surface area contributed by atoms with Crippen LogP contribution in [-0.4, -0.2) is 41.6 Å². The van der Waals surface area contributed by atoms with Gasteiger partial charge in [0.2, 0.25) is 0 Å². The highest BCUT2D eigenvalue weighted by molar-refractivity contribution is 6.32. The Morgan fingerprint density at radius 1 is 1.28 bits per heavy atom. The van der Waals surface area contributed by atoms with Crippen LogP contribution in [0.2, 0.25) is 5.02 Å². The number of rotatable bonds is 3. The summed E-state index contributed by atoms with van der Waals surface area (Å²) in [6.45, 7) is 6.17. The maximum atomic E-state index is 12.5. The molecule has 0 spiro atoms. The van der Waals surface area contributed by atoms with Gasteiger partial charge in [-0.3, -0.25) is 0 Å². The van der Waals surface area contributed by atoms with Crippen molar-refractivity contribution in [2.45, 2.75) is 26.3 Å². The third-order valence-corrected chi connectivity index (χ3v) is 4.83. The molecule has 3 rings (SSSR count). The van der Waals surface area contributed by atoms with Crippen molar-refractivity contribution in [1.82, 2.24) is 9.88 Å². The van der Waals surface area contributed by atoms with Gasteiger partial charge in [0.15, 0.2) is 0 Å². The predicted molar refractivity (Wildman–Crippen MR) is 102 cm³/mol. The molecule has 132 valence electrons. The van der Waals surface area contributed by atoms with Gasteiger partial charge >= 0.3 is 6.03 Å². The van der Waals surface area contributed by atoms with E-state index in [4.69, 9.17) is 11.6 Å². The van der Waals surface area contributed by atoms with E-state index in [-0.39, 0.29) is 12.1 Å². The van der Waals surface area contributed by atoms with Crippen LogP contribution in [0.1, 0.15) is 19.4 Å². The molecule has 5 nitrogen and oxygen atoms in total. The third kappa shape index (κ3) is 4.04. The lowest BCUT2D eigenvalue weighted by atomic mass is 10.1. The number of carbonyl (C=O) groups is 1. The van der Waals surface area contributed by atoms with Crippen molar-refractivity contribution in [1.29, 1.82) is 0 Å². The summed E-state index contributed by atoms with van der Waals surface area (Å²) in [5.41, 5.74) is 2.08. The maximum absolute atomic E-state index is 12.5. The molecule has 6 heteroatoms. The summed E-state index contributed by atoms with van der Waals surface area (Å²) in [6.07, 6.45) is 2.73. The van der Waals surface area contributed by atoms with Crippen molar-refractivity contribution in [3.8, 4) is 0 Å². The van der Waals surface area contributed by atoms with E-state index in [1.165, 1.54) is 5.56 Å². The summed E-state index contributed by atoms with van der Waals surface area (Å²) in [6, 6.07) is 11.7. The van der Waals surface area contributed by atoms with Crippen LogP contribution in [0.5, 0.6) is 0 Å². The number of nitrogens with one attached hydrogen (secondary N) is 1. The molecule has 0 aliphatic carbocycles. The molecular formula is C19H23ClN4O. The van der Waals surface area contributed by atoms with Gasteiger partial charge in [0.1, 0.15) is 5.82 Å². The summed E-state index contributed by atoms with van der Waals surface area (Å²) < 4.78 is 0. The van der Waals surface area contributed by atoms with E-state index in [0.717, 1.165) is 17.9 Å². The lowest BCUT2D eigenvalue weighted by molar-refractivity contribution is 0.200. The Bertz CT molecular complexity index is 734. The average molecular weight is 359 g/mol. The number of aromatic nitrogens is 1. The summed E-state index contributed by atoms with van der Waals surface area (Å²) in [7, 11) is 0. The molecule has 1 saturated heterocycles. The fourth-order valence-electron chi connectivity index (χ4n) is 3.07. The minimum absolute atomic E-state index is 0.0668. The van der Waals surface area contributed by atoms with Crippen LogP contribution in [-0.2, 0) is 6.42 Å². The van der Waals surface area contributed by atoms with E-state index in [1.54, 1.807) is 6.20 Å².